The minimum absolute atomic E-state index is 0.659. The maximum absolute atomic E-state index is 3.80. The van der Waals surface area contributed by atoms with Gasteiger partial charge in [0.25, 0.3) is 0 Å². The average Bonchev–Trinajstić information content (AvgIpc) is 2.18. The van der Waals surface area contributed by atoms with Crippen molar-refractivity contribution in [3.05, 3.63) is 12.7 Å². The van der Waals surface area contributed by atoms with E-state index in [0.717, 1.165) is 19.6 Å². The van der Waals surface area contributed by atoms with Gasteiger partial charge in [0.2, 0.25) is 0 Å². The molecule has 0 heterocycles. The standard InChI is InChI=1S/C12H26N2/c1-5-10-14(11-6-2)12(4)8-9-13-7-3/h5,12-13H,1,6-11H2,2-4H3. The summed E-state index contributed by atoms with van der Waals surface area (Å²) in [7, 11) is 0. The lowest BCUT2D eigenvalue weighted by molar-refractivity contribution is 0.220. The minimum atomic E-state index is 0.659. The summed E-state index contributed by atoms with van der Waals surface area (Å²) >= 11 is 0. The van der Waals surface area contributed by atoms with Crippen LogP contribution in [0, 0.1) is 0 Å². The summed E-state index contributed by atoms with van der Waals surface area (Å²) in [5.74, 6) is 0. The lowest BCUT2D eigenvalue weighted by Gasteiger charge is -2.27. The van der Waals surface area contributed by atoms with E-state index in [1.807, 2.05) is 6.08 Å². The molecule has 1 unspecified atom stereocenters. The Kier molecular flexibility index (Phi) is 9.00. The Hall–Kier alpha value is -0.340. The number of rotatable bonds is 9. The molecule has 0 fully saturated rings. The van der Waals surface area contributed by atoms with Crippen LogP contribution in [0.1, 0.15) is 33.6 Å². The van der Waals surface area contributed by atoms with E-state index in [0.29, 0.717) is 6.04 Å². The van der Waals surface area contributed by atoms with E-state index in [4.69, 9.17) is 0 Å². The predicted molar refractivity (Wildman–Crippen MR) is 64.7 cm³/mol. The molecule has 1 N–H and O–H groups in total. The molecule has 0 saturated heterocycles. The van der Waals surface area contributed by atoms with Gasteiger partial charge in [-0.1, -0.05) is 19.9 Å². The Balaban J connectivity index is 3.75. The molecule has 0 amide bonds. The second-order valence-electron chi connectivity index (χ2n) is 3.77. The van der Waals surface area contributed by atoms with Crippen molar-refractivity contribution in [1.29, 1.82) is 0 Å². The van der Waals surface area contributed by atoms with Gasteiger partial charge >= 0.3 is 0 Å². The van der Waals surface area contributed by atoms with E-state index in [1.165, 1.54) is 19.4 Å². The van der Waals surface area contributed by atoms with Gasteiger partial charge in [-0.25, -0.2) is 0 Å². The predicted octanol–water partition coefficient (Wildman–Crippen LogP) is 2.27. The van der Waals surface area contributed by atoms with E-state index in [-0.39, 0.29) is 0 Å². The first-order valence-electron chi connectivity index (χ1n) is 5.81. The molecular weight excluding hydrogens is 172 g/mol. The van der Waals surface area contributed by atoms with E-state index in [1.54, 1.807) is 0 Å². The third-order valence-corrected chi connectivity index (χ3v) is 2.49. The molecule has 0 rings (SSSR count). The molecule has 84 valence electrons. The molecule has 0 aliphatic heterocycles. The zero-order valence-electron chi connectivity index (χ0n) is 10.1. The van der Waals surface area contributed by atoms with Gasteiger partial charge in [-0.15, -0.1) is 6.58 Å². The van der Waals surface area contributed by atoms with Crippen molar-refractivity contribution >= 4 is 0 Å². The fourth-order valence-corrected chi connectivity index (χ4v) is 1.61. The second-order valence-corrected chi connectivity index (χ2v) is 3.77. The summed E-state index contributed by atoms with van der Waals surface area (Å²) in [6.45, 7) is 14.9. The molecule has 2 nitrogen and oxygen atoms in total. The first kappa shape index (κ1) is 13.7. The Morgan fingerprint density at radius 3 is 2.64 bits per heavy atom. The topological polar surface area (TPSA) is 15.3 Å². The fraction of sp³-hybridized carbons (Fsp3) is 0.833. The second kappa shape index (κ2) is 9.22. The van der Waals surface area contributed by atoms with E-state index < -0.39 is 0 Å². The summed E-state index contributed by atoms with van der Waals surface area (Å²) in [6, 6.07) is 0.659. The van der Waals surface area contributed by atoms with Crippen LogP contribution in [0.5, 0.6) is 0 Å². The smallest absolute Gasteiger partial charge is 0.0163 e. The summed E-state index contributed by atoms with van der Waals surface area (Å²) < 4.78 is 0. The number of nitrogens with one attached hydrogen (secondary N) is 1. The summed E-state index contributed by atoms with van der Waals surface area (Å²) in [4.78, 5) is 2.49. The van der Waals surface area contributed by atoms with Crippen molar-refractivity contribution in [2.75, 3.05) is 26.2 Å². The van der Waals surface area contributed by atoms with Gasteiger partial charge in [-0.3, -0.25) is 4.90 Å². The van der Waals surface area contributed by atoms with Gasteiger partial charge in [0.15, 0.2) is 0 Å². The van der Waals surface area contributed by atoms with Crippen molar-refractivity contribution in [2.24, 2.45) is 0 Å². The van der Waals surface area contributed by atoms with Crippen LogP contribution in [0.25, 0.3) is 0 Å². The maximum Gasteiger partial charge on any atom is 0.0163 e. The highest BCUT2D eigenvalue weighted by molar-refractivity contribution is 4.77. The van der Waals surface area contributed by atoms with Crippen molar-refractivity contribution in [1.82, 2.24) is 10.2 Å². The molecule has 0 aliphatic carbocycles. The molecule has 0 aromatic heterocycles. The highest BCUT2D eigenvalue weighted by Gasteiger charge is 2.10. The third-order valence-electron chi connectivity index (χ3n) is 2.49. The van der Waals surface area contributed by atoms with Crippen LogP contribution in [-0.4, -0.2) is 37.1 Å². The SMILES string of the molecule is C=CCN(CCC)C(C)CCNCC. The molecule has 0 spiro atoms. The average molecular weight is 198 g/mol. The maximum atomic E-state index is 3.80. The Labute approximate surface area is 89.4 Å². The molecule has 14 heavy (non-hydrogen) atoms. The van der Waals surface area contributed by atoms with Crippen molar-refractivity contribution in [3.8, 4) is 0 Å². The van der Waals surface area contributed by atoms with Gasteiger partial charge < -0.3 is 5.32 Å². The zero-order chi connectivity index (χ0) is 10.8. The molecule has 2 heteroatoms. The summed E-state index contributed by atoms with van der Waals surface area (Å²) in [5, 5.41) is 3.37. The van der Waals surface area contributed by atoms with Gasteiger partial charge in [-0.2, -0.15) is 0 Å². The first-order chi connectivity index (χ1) is 6.76. The van der Waals surface area contributed by atoms with Crippen LogP contribution in [0.2, 0.25) is 0 Å². The van der Waals surface area contributed by atoms with Crippen LogP contribution in [0.4, 0.5) is 0 Å². The van der Waals surface area contributed by atoms with E-state index in [9.17, 15) is 0 Å². The number of hydrogen-bond donors (Lipinski definition) is 1. The fourth-order valence-electron chi connectivity index (χ4n) is 1.61. The zero-order valence-corrected chi connectivity index (χ0v) is 10.1. The number of hydrogen-bond acceptors (Lipinski definition) is 2. The Bertz CT molecular complexity index is 134. The normalized spacial score (nSPS) is 13.1. The van der Waals surface area contributed by atoms with Crippen LogP contribution >= 0.6 is 0 Å². The molecule has 0 bridgehead atoms. The van der Waals surface area contributed by atoms with Gasteiger partial charge in [0.05, 0.1) is 0 Å². The molecule has 0 aromatic rings. The number of nitrogens with zero attached hydrogens (tertiary/aromatic N) is 1. The van der Waals surface area contributed by atoms with E-state index >= 15 is 0 Å². The van der Waals surface area contributed by atoms with Crippen molar-refractivity contribution < 1.29 is 0 Å². The highest BCUT2D eigenvalue weighted by atomic mass is 15.1. The monoisotopic (exact) mass is 198 g/mol. The quantitative estimate of drug-likeness (QED) is 0.452. The van der Waals surface area contributed by atoms with Crippen LogP contribution in [0.3, 0.4) is 0 Å². The lowest BCUT2D eigenvalue weighted by atomic mass is 10.2. The molecular formula is C12H26N2. The lowest BCUT2D eigenvalue weighted by Crippen LogP contribution is -2.36. The first-order valence-corrected chi connectivity index (χ1v) is 5.81. The molecule has 0 saturated carbocycles. The highest BCUT2D eigenvalue weighted by Crippen LogP contribution is 2.04. The van der Waals surface area contributed by atoms with E-state index in [2.05, 4.69) is 37.6 Å². The third kappa shape index (κ3) is 6.17. The van der Waals surface area contributed by atoms with Gasteiger partial charge in [-0.05, 0) is 39.4 Å². The van der Waals surface area contributed by atoms with Crippen molar-refractivity contribution in [2.45, 2.75) is 39.7 Å². The Morgan fingerprint density at radius 2 is 2.14 bits per heavy atom. The van der Waals surface area contributed by atoms with Gasteiger partial charge in [0.1, 0.15) is 0 Å². The minimum Gasteiger partial charge on any atom is -0.317 e. The largest absolute Gasteiger partial charge is 0.317 e. The molecule has 0 aliphatic rings. The summed E-state index contributed by atoms with van der Waals surface area (Å²) in [6.07, 6.45) is 4.44. The van der Waals surface area contributed by atoms with Crippen LogP contribution in [-0.2, 0) is 0 Å². The van der Waals surface area contributed by atoms with Crippen LogP contribution in [0.15, 0.2) is 12.7 Å². The summed E-state index contributed by atoms with van der Waals surface area (Å²) in [5.41, 5.74) is 0. The van der Waals surface area contributed by atoms with Crippen LogP contribution < -0.4 is 5.32 Å². The Morgan fingerprint density at radius 1 is 1.43 bits per heavy atom. The van der Waals surface area contributed by atoms with Gasteiger partial charge in [0, 0.05) is 12.6 Å². The molecule has 0 aromatic carbocycles. The molecule has 0 radical (unpaired) electrons. The molecule has 1 atom stereocenters. The van der Waals surface area contributed by atoms with Crippen molar-refractivity contribution in [3.63, 3.8) is 0 Å².